The van der Waals surface area contributed by atoms with Gasteiger partial charge in [-0.15, -0.1) is 0 Å². The molecule has 0 aliphatic carbocycles. The van der Waals surface area contributed by atoms with Crippen LogP contribution < -0.4 is 16.0 Å². The topological polar surface area (TPSA) is 70.2 Å². The van der Waals surface area contributed by atoms with Gasteiger partial charge in [0, 0.05) is 22.1 Å². The Balaban J connectivity index is 1.51. The summed E-state index contributed by atoms with van der Waals surface area (Å²) in [5, 5.41) is 9.18. The van der Waals surface area contributed by atoms with Crippen molar-refractivity contribution < 1.29 is 9.59 Å². The molecule has 0 saturated heterocycles. The lowest BCUT2D eigenvalue weighted by molar-refractivity contribution is -0.115. The smallest absolute Gasteiger partial charge is 0.253 e. The number of anilines is 3. The summed E-state index contributed by atoms with van der Waals surface area (Å²) in [6.45, 7) is -0.179. The highest BCUT2D eigenvalue weighted by atomic mass is 35.5. The summed E-state index contributed by atoms with van der Waals surface area (Å²) in [6.07, 6.45) is 0. The number of amides is 2. The van der Waals surface area contributed by atoms with Gasteiger partial charge in [0.2, 0.25) is 5.91 Å². The van der Waals surface area contributed by atoms with E-state index in [0.717, 1.165) is 11.4 Å². The van der Waals surface area contributed by atoms with Crippen molar-refractivity contribution in [2.24, 2.45) is 0 Å². The fourth-order valence-corrected chi connectivity index (χ4v) is 2.95. The second-order valence-electron chi connectivity index (χ2n) is 5.92. The van der Waals surface area contributed by atoms with Gasteiger partial charge in [-0.1, -0.05) is 41.4 Å². The molecule has 3 N–H and O–H groups in total. The second-order valence-corrected chi connectivity index (χ2v) is 6.77. The third-order valence-corrected chi connectivity index (χ3v) is 4.36. The summed E-state index contributed by atoms with van der Waals surface area (Å²) >= 11 is 11.8. The first kappa shape index (κ1) is 19.7. The van der Waals surface area contributed by atoms with Crippen LogP contribution in [0.15, 0.2) is 72.8 Å². The first-order valence-electron chi connectivity index (χ1n) is 8.46. The first-order valence-corrected chi connectivity index (χ1v) is 9.22. The quantitative estimate of drug-likeness (QED) is 0.525. The minimum atomic E-state index is -0.445. The number of benzene rings is 3. The van der Waals surface area contributed by atoms with Crippen molar-refractivity contribution in [2.75, 3.05) is 17.2 Å². The summed E-state index contributed by atoms with van der Waals surface area (Å²) in [4.78, 5) is 24.2. The molecule has 0 spiro atoms. The molecule has 0 aliphatic rings. The second kappa shape index (κ2) is 9.26. The Kier molecular flexibility index (Phi) is 6.53. The van der Waals surface area contributed by atoms with E-state index in [1.54, 1.807) is 18.2 Å². The summed E-state index contributed by atoms with van der Waals surface area (Å²) in [5.74, 6) is -0.790. The van der Waals surface area contributed by atoms with Gasteiger partial charge in [-0.3, -0.25) is 9.59 Å². The van der Waals surface area contributed by atoms with Gasteiger partial charge in [-0.2, -0.15) is 0 Å². The lowest BCUT2D eigenvalue weighted by Gasteiger charge is -2.10. The zero-order valence-corrected chi connectivity index (χ0v) is 16.2. The van der Waals surface area contributed by atoms with E-state index < -0.39 is 5.91 Å². The van der Waals surface area contributed by atoms with Gasteiger partial charge in [0.25, 0.3) is 5.91 Å². The van der Waals surface area contributed by atoms with Crippen LogP contribution in [-0.4, -0.2) is 18.4 Å². The number of nitrogens with one attached hydrogen (secondary N) is 3. The van der Waals surface area contributed by atoms with Crippen LogP contribution in [0.25, 0.3) is 0 Å². The molecule has 0 unspecified atom stereocenters. The molecule has 2 amide bonds. The Hall–Kier alpha value is -3.02. The average Bonchev–Trinajstić information content (AvgIpc) is 2.68. The SMILES string of the molecule is O=C(CNC(=O)c1ccc(Cl)cc1Cl)Nc1ccc(Nc2ccccc2)cc1. The third-order valence-electron chi connectivity index (χ3n) is 3.82. The third kappa shape index (κ3) is 5.49. The normalized spacial score (nSPS) is 10.2. The van der Waals surface area contributed by atoms with Crippen molar-refractivity contribution in [1.82, 2.24) is 5.32 Å². The predicted molar refractivity (Wildman–Crippen MR) is 114 cm³/mol. The van der Waals surface area contributed by atoms with Crippen molar-refractivity contribution in [1.29, 1.82) is 0 Å². The van der Waals surface area contributed by atoms with Crippen LogP contribution in [0.4, 0.5) is 17.1 Å². The maximum Gasteiger partial charge on any atom is 0.253 e. The molecule has 0 heterocycles. The highest BCUT2D eigenvalue weighted by molar-refractivity contribution is 6.36. The van der Waals surface area contributed by atoms with Gasteiger partial charge in [0.05, 0.1) is 17.1 Å². The Morgan fingerprint density at radius 2 is 1.43 bits per heavy atom. The van der Waals surface area contributed by atoms with E-state index in [-0.39, 0.29) is 23.0 Å². The molecule has 7 heteroatoms. The van der Waals surface area contributed by atoms with Crippen LogP contribution >= 0.6 is 23.2 Å². The Morgan fingerprint density at radius 3 is 2.11 bits per heavy atom. The molecule has 0 fully saturated rings. The number of para-hydroxylation sites is 1. The van der Waals surface area contributed by atoms with Crippen LogP contribution in [0.3, 0.4) is 0 Å². The van der Waals surface area contributed by atoms with E-state index in [1.165, 1.54) is 12.1 Å². The van der Waals surface area contributed by atoms with Crippen molar-refractivity contribution in [3.8, 4) is 0 Å². The first-order chi connectivity index (χ1) is 13.5. The van der Waals surface area contributed by atoms with E-state index in [4.69, 9.17) is 23.2 Å². The molecule has 28 heavy (non-hydrogen) atoms. The number of hydrogen-bond acceptors (Lipinski definition) is 3. The molecular formula is C21H17Cl2N3O2. The van der Waals surface area contributed by atoms with Gasteiger partial charge in [0.15, 0.2) is 0 Å². The lowest BCUT2D eigenvalue weighted by Crippen LogP contribution is -2.33. The van der Waals surface area contributed by atoms with E-state index in [1.807, 2.05) is 42.5 Å². The lowest BCUT2D eigenvalue weighted by atomic mass is 10.2. The van der Waals surface area contributed by atoms with Gasteiger partial charge in [-0.25, -0.2) is 0 Å². The molecule has 0 aromatic heterocycles. The Labute approximate surface area is 172 Å². The van der Waals surface area contributed by atoms with E-state index in [9.17, 15) is 9.59 Å². The fraction of sp³-hybridized carbons (Fsp3) is 0.0476. The van der Waals surface area contributed by atoms with Crippen LogP contribution in [0.2, 0.25) is 10.0 Å². The minimum absolute atomic E-state index is 0.179. The molecule has 3 aromatic rings. The van der Waals surface area contributed by atoms with E-state index in [0.29, 0.717) is 10.7 Å². The molecular weight excluding hydrogens is 397 g/mol. The Morgan fingerprint density at radius 1 is 0.786 bits per heavy atom. The molecule has 0 atom stereocenters. The molecule has 5 nitrogen and oxygen atoms in total. The molecule has 142 valence electrons. The van der Waals surface area contributed by atoms with Crippen molar-refractivity contribution in [3.05, 3.63) is 88.4 Å². The van der Waals surface area contributed by atoms with Crippen molar-refractivity contribution in [2.45, 2.75) is 0 Å². The standard InChI is InChI=1S/C21H17Cl2N3O2/c22-14-6-11-18(19(23)12-14)21(28)24-13-20(27)26-17-9-7-16(8-10-17)25-15-4-2-1-3-5-15/h1-12,25H,13H2,(H,24,28)(H,26,27). The molecule has 0 bridgehead atoms. The van der Waals surface area contributed by atoms with Gasteiger partial charge in [-0.05, 0) is 54.6 Å². The van der Waals surface area contributed by atoms with Gasteiger partial charge < -0.3 is 16.0 Å². The predicted octanol–water partition coefficient (Wildman–Crippen LogP) is 5.11. The van der Waals surface area contributed by atoms with Crippen molar-refractivity contribution in [3.63, 3.8) is 0 Å². The maximum absolute atomic E-state index is 12.1. The van der Waals surface area contributed by atoms with Crippen LogP contribution in [0, 0.1) is 0 Å². The number of hydrogen-bond donors (Lipinski definition) is 3. The summed E-state index contributed by atoms with van der Waals surface area (Å²) in [6, 6.07) is 21.6. The number of rotatable bonds is 6. The van der Waals surface area contributed by atoms with E-state index >= 15 is 0 Å². The largest absolute Gasteiger partial charge is 0.356 e. The van der Waals surface area contributed by atoms with Crippen molar-refractivity contribution >= 4 is 52.1 Å². The molecule has 0 saturated carbocycles. The molecule has 3 aromatic carbocycles. The highest BCUT2D eigenvalue weighted by Crippen LogP contribution is 2.21. The highest BCUT2D eigenvalue weighted by Gasteiger charge is 2.12. The number of carbonyl (C=O) groups is 2. The minimum Gasteiger partial charge on any atom is -0.356 e. The molecule has 3 rings (SSSR count). The van der Waals surface area contributed by atoms with E-state index in [2.05, 4.69) is 16.0 Å². The monoisotopic (exact) mass is 413 g/mol. The molecule has 0 radical (unpaired) electrons. The fourth-order valence-electron chi connectivity index (χ4n) is 2.46. The maximum atomic E-state index is 12.1. The summed E-state index contributed by atoms with van der Waals surface area (Å²) < 4.78 is 0. The van der Waals surface area contributed by atoms with Crippen LogP contribution in [0.1, 0.15) is 10.4 Å². The zero-order valence-electron chi connectivity index (χ0n) is 14.7. The number of carbonyl (C=O) groups excluding carboxylic acids is 2. The van der Waals surface area contributed by atoms with Gasteiger partial charge in [0.1, 0.15) is 0 Å². The zero-order chi connectivity index (χ0) is 19.9. The Bertz CT molecular complexity index is 977. The number of halogens is 2. The summed E-state index contributed by atoms with van der Waals surface area (Å²) in [5.41, 5.74) is 2.76. The van der Waals surface area contributed by atoms with Crippen LogP contribution in [0.5, 0.6) is 0 Å². The van der Waals surface area contributed by atoms with Crippen LogP contribution in [-0.2, 0) is 4.79 Å². The summed E-state index contributed by atoms with van der Waals surface area (Å²) in [7, 11) is 0. The molecule has 0 aliphatic heterocycles. The van der Waals surface area contributed by atoms with Gasteiger partial charge >= 0.3 is 0 Å². The average molecular weight is 414 g/mol.